The fraction of sp³-hybridized carbons (Fsp3) is 0.118. The zero-order chi connectivity index (χ0) is 14.8. The highest BCUT2D eigenvalue weighted by molar-refractivity contribution is 6.31. The molecule has 1 aromatic heterocycles. The fourth-order valence-electron chi connectivity index (χ4n) is 2.58. The van der Waals surface area contributed by atoms with Gasteiger partial charge in [0.15, 0.2) is 0 Å². The van der Waals surface area contributed by atoms with Crippen LogP contribution in [-0.2, 0) is 0 Å². The van der Waals surface area contributed by atoms with Crippen LogP contribution in [-0.4, -0.2) is 4.98 Å². The second-order valence-corrected chi connectivity index (χ2v) is 5.42. The average molecular weight is 298 g/mol. The molecular formula is C17H16ClN3. The van der Waals surface area contributed by atoms with Crippen molar-refractivity contribution in [2.45, 2.75) is 13.0 Å². The van der Waals surface area contributed by atoms with Crippen molar-refractivity contribution in [3.8, 4) is 0 Å². The lowest BCUT2D eigenvalue weighted by atomic mass is 9.94. The normalized spacial score (nSPS) is 12.5. The molecule has 4 heteroatoms. The fourth-order valence-corrected chi connectivity index (χ4v) is 2.76. The third kappa shape index (κ3) is 2.63. The Morgan fingerprint density at radius 1 is 1.14 bits per heavy atom. The molecule has 0 spiro atoms. The van der Waals surface area contributed by atoms with Gasteiger partial charge in [0.1, 0.15) is 0 Å². The molecular weight excluding hydrogens is 282 g/mol. The first-order chi connectivity index (χ1) is 10.2. The van der Waals surface area contributed by atoms with Crippen molar-refractivity contribution in [3.63, 3.8) is 0 Å². The molecule has 0 aliphatic carbocycles. The molecule has 0 radical (unpaired) electrons. The van der Waals surface area contributed by atoms with Crippen LogP contribution in [0.5, 0.6) is 0 Å². The van der Waals surface area contributed by atoms with E-state index in [1.165, 1.54) is 0 Å². The zero-order valence-corrected chi connectivity index (χ0v) is 12.4. The Labute approximate surface area is 128 Å². The van der Waals surface area contributed by atoms with Gasteiger partial charge in [-0.1, -0.05) is 35.9 Å². The van der Waals surface area contributed by atoms with Gasteiger partial charge in [-0.25, -0.2) is 5.43 Å². The number of pyridine rings is 1. The molecule has 2 aromatic carbocycles. The van der Waals surface area contributed by atoms with Crippen molar-refractivity contribution in [2.24, 2.45) is 5.84 Å². The van der Waals surface area contributed by atoms with Crippen LogP contribution in [0.2, 0.25) is 5.02 Å². The van der Waals surface area contributed by atoms with Crippen molar-refractivity contribution in [3.05, 3.63) is 76.4 Å². The quantitative estimate of drug-likeness (QED) is 0.572. The minimum Gasteiger partial charge on any atom is -0.271 e. The summed E-state index contributed by atoms with van der Waals surface area (Å²) in [5.41, 5.74) is 7.06. The molecule has 0 aliphatic heterocycles. The standard InChI is InChI=1S/C17H16ClN3/c1-11-14(5-2-6-15(11)18)17(21-19)13-7-8-16-12(10-13)4-3-9-20-16/h2-10,17,21H,19H2,1H3. The van der Waals surface area contributed by atoms with Crippen LogP contribution in [0.15, 0.2) is 54.7 Å². The van der Waals surface area contributed by atoms with E-state index in [1.807, 2.05) is 49.4 Å². The predicted octanol–water partition coefficient (Wildman–Crippen LogP) is 3.75. The van der Waals surface area contributed by atoms with Crippen LogP contribution in [0, 0.1) is 6.92 Å². The molecule has 1 atom stereocenters. The number of rotatable bonds is 3. The number of benzene rings is 2. The molecule has 0 bridgehead atoms. The third-order valence-corrected chi connectivity index (χ3v) is 4.16. The number of halogens is 1. The first kappa shape index (κ1) is 14.0. The lowest BCUT2D eigenvalue weighted by Gasteiger charge is -2.20. The minimum absolute atomic E-state index is 0.103. The Balaban J connectivity index is 2.11. The van der Waals surface area contributed by atoms with Gasteiger partial charge in [-0.15, -0.1) is 0 Å². The van der Waals surface area contributed by atoms with Gasteiger partial charge < -0.3 is 0 Å². The van der Waals surface area contributed by atoms with Gasteiger partial charge in [-0.3, -0.25) is 10.8 Å². The Kier molecular flexibility index (Phi) is 3.88. The number of nitrogens with zero attached hydrogens (tertiary/aromatic N) is 1. The lowest BCUT2D eigenvalue weighted by Crippen LogP contribution is -2.29. The number of hydrogen-bond acceptors (Lipinski definition) is 3. The summed E-state index contributed by atoms with van der Waals surface area (Å²) in [6, 6.07) is 15.9. The highest BCUT2D eigenvalue weighted by Gasteiger charge is 2.16. The van der Waals surface area contributed by atoms with E-state index in [1.54, 1.807) is 6.20 Å². The van der Waals surface area contributed by atoms with Crippen LogP contribution in [0.3, 0.4) is 0 Å². The van der Waals surface area contributed by atoms with Crippen molar-refractivity contribution in [1.82, 2.24) is 10.4 Å². The monoisotopic (exact) mass is 297 g/mol. The number of nitrogens with one attached hydrogen (secondary N) is 1. The second-order valence-electron chi connectivity index (χ2n) is 5.01. The first-order valence-electron chi connectivity index (χ1n) is 6.76. The maximum Gasteiger partial charge on any atom is 0.0713 e. The van der Waals surface area contributed by atoms with Crippen LogP contribution in [0.4, 0.5) is 0 Å². The summed E-state index contributed by atoms with van der Waals surface area (Å²) in [7, 11) is 0. The SMILES string of the molecule is Cc1c(Cl)cccc1C(NN)c1ccc2ncccc2c1. The summed E-state index contributed by atoms with van der Waals surface area (Å²) < 4.78 is 0. The van der Waals surface area contributed by atoms with Crippen LogP contribution in [0.25, 0.3) is 10.9 Å². The summed E-state index contributed by atoms with van der Waals surface area (Å²) in [5.74, 6) is 5.79. The molecule has 1 unspecified atom stereocenters. The molecule has 0 amide bonds. The van der Waals surface area contributed by atoms with Gasteiger partial charge in [0, 0.05) is 16.6 Å². The Bertz CT molecular complexity index is 786. The largest absolute Gasteiger partial charge is 0.271 e. The molecule has 3 nitrogen and oxygen atoms in total. The van der Waals surface area contributed by atoms with Crippen molar-refractivity contribution >= 4 is 22.5 Å². The van der Waals surface area contributed by atoms with E-state index >= 15 is 0 Å². The van der Waals surface area contributed by atoms with E-state index in [-0.39, 0.29) is 6.04 Å². The Hall–Kier alpha value is -1.94. The molecule has 106 valence electrons. The van der Waals surface area contributed by atoms with E-state index in [0.717, 1.165) is 32.6 Å². The van der Waals surface area contributed by atoms with Gasteiger partial charge in [-0.2, -0.15) is 0 Å². The summed E-state index contributed by atoms with van der Waals surface area (Å²) in [6.45, 7) is 2.00. The molecule has 0 fully saturated rings. The molecule has 3 rings (SSSR count). The number of hydrogen-bond donors (Lipinski definition) is 2. The molecule has 3 aromatic rings. The second kappa shape index (κ2) is 5.82. The number of nitrogens with two attached hydrogens (primary N) is 1. The van der Waals surface area contributed by atoms with E-state index in [2.05, 4.69) is 16.5 Å². The Morgan fingerprint density at radius 3 is 2.81 bits per heavy atom. The van der Waals surface area contributed by atoms with Crippen LogP contribution < -0.4 is 11.3 Å². The van der Waals surface area contributed by atoms with E-state index in [4.69, 9.17) is 17.4 Å². The van der Waals surface area contributed by atoms with Gasteiger partial charge in [0.25, 0.3) is 0 Å². The average Bonchev–Trinajstić information content (AvgIpc) is 2.52. The highest BCUT2D eigenvalue weighted by atomic mass is 35.5. The summed E-state index contributed by atoms with van der Waals surface area (Å²) in [5, 5.41) is 1.84. The molecule has 3 N–H and O–H groups in total. The molecule has 0 saturated carbocycles. The van der Waals surface area contributed by atoms with Crippen LogP contribution in [0.1, 0.15) is 22.7 Å². The number of fused-ring (bicyclic) bond motifs is 1. The first-order valence-corrected chi connectivity index (χ1v) is 7.14. The van der Waals surface area contributed by atoms with Crippen molar-refractivity contribution < 1.29 is 0 Å². The Morgan fingerprint density at radius 2 is 2.00 bits per heavy atom. The topological polar surface area (TPSA) is 50.9 Å². The maximum atomic E-state index is 6.22. The van der Waals surface area contributed by atoms with E-state index in [0.29, 0.717) is 0 Å². The van der Waals surface area contributed by atoms with Gasteiger partial charge in [0.2, 0.25) is 0 Å². The summed E-state index contributed by atoms with van der Waals surface area (Å²) in [6.07, 6.45) is 1.79. The maximum absolute atomic E-state index is 6.22. The molecule has 21 heavy (non-hydrogen) atoms. The highest BCUT2D eigenvalue weighted by Crippen LogP contribution is 2.29. The predicted molar refractivity (Wildman–Crippen MR) is 87.1 cm³/mol. The number of aromatic nitrogens is 1. The minimum atomic E-state index is -0.103. The molecule has 0 aliphatic rings. The van der Waals surface area contributed by atoms with E-state index < -0.39 is 0 Å². The summed E-state index contributed by atoms with van der Waals surface area (Å²) in [4.78, 5) is 4.34. The lowest BCUT2D eigenvalue weighted by molar-refractivity contribution is 0.634. The summed E-state index contributed by atoms with van der Waals surface area (Å²) >= 11 is 6.22. The molecule has 0 saturated heterocycles. The van der Waals surface area contributed by atoms with Crippen LogP contribution >= 0.6 is 11.6 Å². The smallest absolute Gasteiger partial charge is 0.0713 e. The molecule has 1 heterocycles. The zero-order valence-electron chi connectivity index (χ0n) is 11.7. The van der Waals surface area contributed by atoms with Gasteiger partial charge in [-0.05, 0) is 47.9 Å². The van der Waals surface area contributed by atoms with Crippen molar-refractivity contribution in [1.29, 1.82) is 0 Å². The third-order valence-electron chi connectivity index (χ3n) is 3.75. The number of hydrazine groups is 1. The van der Waals surface area contributed by atoms with Gasteiger partial charge >= 0.3 is 0 Å². The van der Waals surface area contributed by atoms with Crippen molar-refractivity contribution in [2.75, 3.05) is 0 Å². The van der Waals surface area contributed by atoms with Gasteiger partial charge in [0.05, 0.1) is 11.6 Å². The van der Waals surface area contributed by atoms with E-state index in [9.17, 15) is 0 Å².